The SMILES string of the molecule is O=[N+]([O-])c1ccc(O)c(/C=N/Nc2nc(NCc3ccccc3)nc(NCc3ccc(F)cc3)n2)c1. The molecule has 0 amide bonds. The van der Waals surface area contributed by atoms with Crippen LogP contribution in [0.2, 0.25) is 0 Å². The molecule has 0 radical (unpaired) electrons. The number of hydrogen-bond acceptors (Lipinski definition) is 10. The zero-order chi connectivity index (χ0) is 25.3. The molecule has 0 spiro atoms. The maximum atomic E-state index is 13.2. The number of nitrogens with zero attached hydrogens (tertiary/aromatic N) is 5. The number of nitrogens with one attached hydrogen (secondary N) is 3. The summed E-state index contributed by atoms with van der Waals surface area (Å²) in [4.78, 5) is 23.4. The lowest BCUT2D eigenvalue weighted by molar-refractivity contribution is -0.384. The summed E-state index contributed by atoms with van der Waals surface area (Å²) in [5, 5.41) is 31.1. The summed E-state index contributed by atoms with van der Waals surface area (Å²) in [5.41, 5.74) is 4.45. The number of benzene rings is 3. The Hall–Kier alpha value is -5.13. The van der Waals surface area contributed by atoms with Crippen LogP contribution in [0.3, 0.4) is 0 Å². The predicted molar refractivity (Wildman–Crippen MR) is 133 cm³/mol. The third kappa shape index (κ3) is 6.70. The van der Waals surface area contributed by atoms with Gasteiger partial charge in [0.1, 0.15) is 11.6 Å². The van der Waals surface area contributed by atoms with Gasteiger partial charge in [-0.1, -0.05) is 42.5 Å². The molecule has 36 heavy (non-hydrogen) atoms. The van der Waals surface area contributed by atoms with E-state index in [2.05, 4.69) is 36.1 Å². The molecular formula is C24H21FN8O3. The minimum absolute atomic E-state index is 0.0864. The van der Waals surface area contributed by atoms with Crippen molar-refractivity contribution < 1.29 is 14.4 Å². The van der Waals surface area contributed by atoms with Crippen LogP contribution in [0.25, 0.3) is 0 Å². The lowest BCUT2D eigenvalue weighted by Crippen LogP contribution is -2.11. The molecule has 0 aliphatic heterocycles. The Morgan fingerprint density at radius 1 is 0.889 bits per heavy atom. The number of rotatable bonds is 10. The van der Waals surface area contributed by atoms with E-state index >= 15 is 0 Å². The van der Waals surface area contributed by atoms with Crippen molar-refractivity contribution in [1.82, 2.24) is 15.0 Å². The summed E-state index contributed by atoms with van der Waals surface area (Å²) in [6.07, 6.45) is 1.22. The second kappa shape index (κ2) is 11.3. The molecule has 0 atom stereocenters. The van der Waals surface area contributed by atoms with Gasteiger partial charge >= 0.3 is 0 Å². The number of nitro benzene ring substituents is 1. The van der Waals surface area contributed by atoms with Crippen molar-refractivity contribution in [2.45, 2.75) is 13.1 Å². The average Bonchev–Trinajstić information content (AvgIpc) is 2.89. The first-order valence-corrected chi connectivity index (χ1v) is 10.7. The van der Waals surface area contributed by atoms with Crippen LogP contribution in [0, 0.1) is 15.9 Å². The molecule has 0 fully saturated rings. The van der Waals surface area contributed by atoms with Gasteiger partial charge in [-0.15, -0.1) is 0 Å². The number of hydrogen-bond donors (Lipinski definition) is 4. The Bertz CT molecular complexity index is 1370. The van der Waals surface area contributed by atoms with E-state index in [0.717, 1.165) is 11.1 Å². The fraction of sp³-hybridized carbons (Fsp3) is 0.0833. The van der Waals surface area contributed by atoms with Crippen LogP contribution in [-0.4, -0.2) is 31.2 Å². The van der Waals surface area contributed by atoms with Gasteiger partial charge in [0.05, 0.1) is 11.1 Å². The standard InChI is InChI=1S/C24H21FN8O3/c25-19-8-6-17(7-9-19)14-27-23-29-22(26-13-16-4-2-1-3-5-16)30-24(31-23)32-28-15-18-12-20(33(35)36)10-11-21(18)34/h1-12,15,34H,13-14H2,(H3,26,27,29,30,31,32)/b28-15+. The molecule has 1 aromatic heterocycles. The van der Waals surface area contributed by atoms with Gasteiger partial charge in [0.15, 0.2) is 0 Å². The summed E-state index contributed by atoms with van der Waals surface area (Å²) < 4.78 is 13.2. The molecule has 0 unspecified atom stereocenters. The number of aromatic nitrogens is 3. The highest BCUT2D eigenvalue weighted by atomic mass is 19.1. The van der Waals surface area contributed by atoms with Crippen molar-refractivity contribution in [3.63, 3.8) is 0 Å². The van der Waals surface area contributed by atoms with Crippen molar-refractivity contribution in [2.75, 3.05) is 16.1 Å². The number of hydrazone groups is 1. The van der Waals surface area contributed by atoms with Gasteiger partial charge in [0.25, 0.3) is 5.69 Å². The van der Waals surface area contributed by atoms with E-state index in [0.29, 0.717) is 13.1 Å². The fourth-order valence-corrected chi connectivity index (χ4v) is 3.06. The van der Waals surface area contributed by atoms with Crippen LogP contribution in [0.15, 0.2) is 77.9 Å². The van der Waals surface area contributed by atoms with E-state index in [9.17, 15) is 19.6 Å². The van der Waals surface area contributed by atoms with Gasteiger partial charge in [-0.05, 0) is 29.3 Å². The van der Waals surface area contributed by atoms with E-state index in [4.69, 9.17) is 0 Å². The van der Waals surface area contributed by atoms with E-state index in [-0.39, 0.29) is 40.7 Å². The number of phenolic OH excluding ortho intramolecular Hbond substituents is 1. The first-order valence-electron chi connectivity index (χ1n) is 10.7. The number of anilines is 3. The number of non-ortho nitro benzene ring substituents is 1. The molecule has 4 aromatic rings. The van der Waals surface area contributed by atoms with E-state index in [1.807, 2.05) is 30.3 Å². The minimum Gasteiger partial charge on any atom is -0.507 e. The molecule has 12 heteroatoms. The van der Waals surface area contributed by atoms with Gasteiger partial charge in [-0.25, -0.2) is 9.82 Å². The van der Waals surface area contributed by atoms with Crippen LogP contribution >= 0.6 is 0 Å². The maximum Gasteiger partial charge on any atom is 0.270 e. The fourth-order valence-electron chi connectivity index (χ4n) is 3.06. The number of nitro groups is 1. The van der Waals surface area contributed by atoms with E-state index in [1.54, 1.807) is 12.1 Å². The van der Waals surface area contributed by atoms with Crippen LogP contribution in [0.1, 0.15) is 16.7 Å². The lowest BCUT2D eigenvalue weighted by atomic mass is 10.2. The molecule has 0 aliphatic carbocycles. The maximum absolute atomic E-state index is 13.2. The summed E-state index contributed by atoms with van der Waals surface area (Å²) in [7, 11) is 0. The van der Waals surface area contributed by atoms with Gasteiger partial charge < -0.3 is 15.7 Å². The summed E-state index contributed by atoms with van der Waals surface area (Å²) >= 11 is 0. The zero-order valence-electron chi connectivity index (χ0n) is 18.8. The van der Waals surface area contributed by atoms with Crippen molar-refractivity contribution in [3.05, 3.63) is 105 Å². The number of halogens is 1. The second-order valence-corrected chi connectivity index (χ2v) is 7.50. The molecule has 4 N–H and O–H groups in total. The van der Waals surface area contributed by atoms with Gasteiger partial charge in [0, 0.05) is 30.8 Å². The highest BCUT2D eigenvalue weighted by Crippen LogP contribution is 2.21. The minimum atomic E-state index is -0.570. The molecular weight excluding hydrogens is 467 g/mol. The second-order valence-electron chi connectivity index (χ2n) is 7.50. The van der Waals surface area contributed by atoms with Crippen LogP contribution < -0.4 is 16.1 Å². The highest BCUT2D eigenvalue weighted by molar-refractivity contribution is 5.84. The molecule has 0 aliphatic rings. The molecule has 0 saturated carbocycles. The third-order valence-corrected chi connectivity index (χ3v) is 4.88. The molecule has 0 saturated heterocycles. The van der Waals surface area contributed by atoms with Crippen LogP contribution in [0.4, 0.5) is 27.9 Å². The van der Waals surface area contributed by atoms with Crippen LogP contribution in [0.5, 0.6) is 5.75 Å². The first kappa shape index (κ1) is 24.0. The predicted octanol–water partition coefficient (Wildman–Crippen LogP) is 4.29. The van der Waals surface area contributed by atoms with Crippen molar-refractivity contribution in [2.24, 2.45) is 5.10 Å². The van der Waals surface area contributed by atoms with Gasteiger partial charge in [0.2, 0.25) is 17.8 Å². The van der Waals surface area contributed by atoms with E-state index in [1.165, 1.54) is 36.5 Å². The van der Waals surface area contributed by atoms with Gasteiger partial charge in [-0.3, -0.25) is 10.1 Å². The smallest absolute Gasteiger partial charge is 0.270 e. The molecule has 1 heterocycles. The quantitative estimate of drug-likeness (QED) is 0.146. The van der Waals surface area contributed by atoms with Crippen molar-refractivity contribution >= 4 is 29.7 Å². The Kier molecular flexibility index (Phi) is 7.56. The average molecular weight is 488 g/mol. The Morgan fingerprint density at radius 3 is 2.14 bits per heavy atom. The normalized spacial score (nSPS) is 10.8. The summed E-state index contributed by atoms with van der Waals surface area (Å²) in [6, 6.07) is 19.3. The molecule has 0 bridgehead atoms. The van der Waals surface area contributed by atoms with Gasteiger partial charge in [-0.2, -0.15) is 20.1 Å². The van der Waals surface area contributed by atoms with Crippen molar-refractivity contribution in [1.29, 1.82) is 0 Å². The molecule has 182 valence electrons. The third-order valence-electron chi connectivity index (χ3n) is 4.88. The van der Waals surface area contributed by atoms with Crippen molar-refractivity contribution in [3.8, 4) is 5.75 Å². The Morgan fingerprint density at radius 2 is 1.50 bits per heavy atom. The molecule has 3 aromatic carbocycles. The molecule has 4 rings (SSSR count). The topological polar surface area (TPSA) is 150 Å². The lowest BCUT2D eigenvalue weighted by Gasteiger charge is -2.10. The Labute approximate surface area is 204 Å². The summed E-state index contributed by atoms with van der Waals surface area (Å²) in [5.74, 6) is 0.0922. The first-order chi connectivity index (χ1) is 17.5. The van der Waals surface area contributed by atoms with E-state index < -0.39 is 4.92 Å². The molecule has 11 nitrogen and oxygen atoms in total. The number of phenols is 1. The summed E-state index contributed by atoms with van der Waals surface area (Å²) in [6.45, 7) is 0.805. The monoisotopic (exact) mass is 488 g/mol. The van der Waals surface area contributed by atoms with Crippen LogP contribution in [-0.2, 0) is 13.1 Å². The highest BCUT2D eigenvalue weighted by Gasteiger charge is 2.10. The number of aromatic hydroxyl groups is 1. The largest absolute Gasteiger partial charge is 0.507 e. The zero-order valence-corrected chi connectivity index (χ0v) is 18.8. The Balaban J connectivity index is 1.51.